The second kappa shape index (κ2) is 6.83. The van der Waals surface area contributed by atoms with Crippen molar-refractivity contribution >= 4 is 34.8 Å². The first-order valence-electron chi connectivity index (χ1n) is 6.19. The van der Waals surface area contributed by atoms with Crippen molar-refractivity contribution in [3.05, 3.63) is 28.2 Å². The summed E-state index contributed by atoms with van der Waals surface area (Å²) in [7, 11) is 0. The lowest BCUT2D eigenvalue weighted by atomic mass is 9.90. The fourth-order valence-corrected chi connectivity index (χ4v) is 1.92. The molecule has 20 heavy (non-hydrogen) atoms. The van der Waals surface area contributed by atoms with Crippen LogP contribution >= 0.6 is 23.2 Å². The number of benzene rings is 1. The summed E-state index contributed by atoms with van der Waals surface area (Å²) in [5.41, 5.74) is -0.267. The first kappa shape index (κ1) is 16.6. The van der Waals surface area contributed by atoms with Crippen LogP contribution in [0.3, 0.4) is 0 Å². The summed E-state index contributed by atoms with van der Waals surface area (Å²) in [6.45, 7) is 5.50. The Labute approximate surface area is 129 Å². The van der Waals surface area contributed by atoms with Gasteiger partial charge in [-0.15, -0.1) is 0 Å². The quantitative estimate of drug-likeness (QED) is 0.875. The van der Waals surface area contributed by atoms with Crippen LogP contribution < -0.4 is 10.6 Å². The first-order valence-corrected chi connectivity index (χ1v) is 6.95. The molecular formula is C14H17Cl2N3O. The average Bonchev–Trinajstić information content (AvgIpc) is 2.37. The highest BCUT2D eigenvalue weighted by atomic mass is 35.5. The normalized spacial score (nSPS) is 13.4. The van der Waals surface area contributed by atoms with Crippen LogP contribution in [0.1, 0.15) is 20.8 Å². The number of hydrogen-bond acceptors (Lipinski definition) is 3. The molecule has 0 aromatic heterocycles. The topological polar surface area (TPSA) is 64.9 Å². The second-order valence-electron chi connectivity index (χ2n) is 4.99. The molecule has 2 N–H and O–H groups in total. The second-order valence-corrected chi connectivity index (χ2v) is 5.84. The van der Waals surface area contributed by atoms with Gasteiger partial charge in [-0.25, -0.2) is 0 Å². The molecule has 0 fully saturated rings. The fourth-order valence-electron chi connectivity index (χ4n) is 1.44. The van der Waals surface area contributed by atoms with Gasteiger partial charge < -0.3 is 10.6 Å². The maximum absolute atomic E-state index is 11.9. The molecule has 0 heterocycles. The number of rotatable bonds is 5. The highest BCUT2D eigenvalue weighted by molar-refractivity contribution is 6.36. The lowest BCUT2D eigenvalue weighted by Gasteiger charge is -2.27. The number of anilines is 1. The minimum Gasteiger partial charge on any atom is -0.375 e. The van der Waals surface area contributed by atoms with Crippen LogP contribution in [0, 0.1) is 17.2 Å². The predicted molar refractivity (Wildman–Crippen MR) is 82.0 cm³/mol. The van der Waals surface area contributed by atoms with Crippen molar-refractivity contribution < 1.29 is 4.79 Å². The molecule has 0 aliphatic heterocycles. The number of carbonyl (C=O) groups is 1. The van der Waals surface area contributed by atoms with E-state index >= 15 is 0 Å². The van der Waals surface area contributed by atoms with Gasteiger partial charge in [-0.3, -0.25) is 4.79 Å². The maximum Gasteiger partial charge on any atom is 0.240 e. The van der Waals surface area contributed by atoms with Crippen molar-refractivity contribution in [3.8, 4) is 6.07 Å². The van der Waals surface area contributed by atoms with Crippen LogP contribution in [-0.2, 0) is 4.79 Å². The van der Waals surface area contributed by atoms with E-state index in [1.165, 1.54) is 0 Å². The van der Waals surface area contributed by atoms with Gasteiger partial charge in [0.15, 0.2) is 0 Å². The summed E-state index contributed by atoms with van der Waals surface area (Å²) in [5.74, 6) is -0.260. The van der Waals surface area contributed by atoms with Crippen molar-refractivity contribution in [3.63, 3.8) is 0 Å². The Kier molecular flexibility index (Phi) is 5.67. The van der Waals surface area contributed by atoms with E-state index in [-0.39, 0.29) is 18.4 Å². The number of nitrogens with zero attached hydrogens (tertiary/aromatic N) is 1. The third-order valence-electron chi connectivity index (χ3n) is 3.16. The van der Waals surface area contributed by atoms with E-state index in [9.17, 15) is 4.79 Å². The van der Waals surface area contributed by atoms with Gasteiger partial charge in [0, 0.05) is 5.02 Å². The molecular weight excluding hydrogens is 297 g/mol. The number of nitriles is 1. The Balaban J connectivity index is 2.62. The molecule has 1 amide bonds. The number of halogens is 2. The number of nitrogens with one attached hydrogen (secondary N) is 2. The van der Waals surface area contributed by atoms with E-state index in [0.717, 1.165) is 0 Å². The summed E-state index contributed by atoms with van der Waals surface area (Å²) in [6.07, 6.45) is 0. The van der Waals surface area contributed by atoms with Crippen LogP contribution in [0.5, 0.6) is 0 Å². The van der Waals surface area contributed by atoms with Gasteiger partial charge in [0.05, 0.1) is 23.3 Å². The number of hydrogen-bond donors (Lipinski definition) is 2. The van der Waals surface area contributed by atoms with Crippen molar-refractivity contribution in [2.75, 3.05) is 11.9 Å². The third kappa shape index (κ3) is 4.29. The van der Waals surface area contributed by atoms with E-state index < -0.39 is 5.54 Å². The summed E-state index contributed by atoms with van der Waals surface area (Å²) < 4.78 is 0. The molecule has 1 atom stereocenters. The Morgan fingerprint density at radius 1 is 1.45 bits per heavy atom. The molecule has 1 aromatic rings. The molecule has 0 saturated carbocycles. The van der Waals surface area contributed by atoms with Crippen molar-refractivity contribution in [1.29, 1.82) is 5.26 Å². The van der Waals surface area contributed by atoms with Crippen LogP contribution in [-0.4, -0.2) is 18.0 Å². The molecule has 0 radical (unpaired) electrons. The van der Waals surface area contributed by atoms with Gasteiger partial charge in [0.25, 0.3) is 0 Å². The van der Waals surface area contributed by atoms with Gasteiger partial charge in [0.2, 0.25) is 5.91 Å². The molecule has 6 heteroatoms. The average molecular weight is 314 g/mol. The molecule has 108 valence electrons. The SMILES string of the molecule is CC(C)[C@](C)(C#N)NC(=O)CNc1ccc(Cl)cc1Cl. The van der Waals surface area contributed by atoms with Crippen LogP contribution in [0.4, 0.5) is 5.69 Å². The molecule has 4 nitrogen and oxygen atoms in total. The Morgan fingerprint density at radius 3 is 2.60 bits per heavy atom. The lowest BCUT2D eigenvalue weighted by molar-refractivity contribution is -0.121. The molecule has 0 bridgehead atoms. The standard InChI is InChI=1S/C14H17Cl2N3O/c1-9(2)14(3,8-17)19-13(20)7-18-12-5-4-10(15)6-11(12)16/h4-6,9,18H,7H2,1-3H3,(H,19,20)/t14-/m0/s1. The minimum absolute atomic E-state index is 0.00979. The number of carbonyl (C=O) groups excluding carboxylic acids is 1. The fraction of sp³-hybridized carbons (Fsp3) is 0.429. The zero-order chi connectivity index (χ0) is 15.3. The summed E-state index contributed by atoms with van der Waals surface area (Å²) in [4.78, 5) is 11.9. The Bertz CT molecular complexity index is 540. The van der Waals surface area contributed by atoms with E-state index in [0.29, 0.717) is 15.7 Å². The van der Waals surface area contributed by atoms with Gasteiger partial charge in [-0.2, -0.15) is 5.26 Å². The molecule has 1 aromatic carbocycles. The van der Waals surface area contributed by atoms with Crippen molar-refractivity contribution in [1.82, 2.24) is 5.32 Å². The zero-order valence-electron chi connectivity index (χ0n) is 11.6. The molecule has 0 unspecified atom stereocenters. The first-order chi connectivity index (χ1) is 9.28. The largest absolute Gasteiger partial charge is 0.375 e. The van der Waals surface area contributed by atoms with Gasteiger partial charge >= 0.3 is 0 Å². The van der Waals surface area contributed by atoms with Crippen molar-refractivity contribution in [2.45, 2.75) is 26.3 Å². The molecule has 0 saturated heterocycles. The van der Waals surface area contributed by atoms with Crippen LogP contribution in [0.2, 0.25) is 10.0 Å². The highest BCUT2D eigenvalue weighted by Gasteiger charge is 2.29. The summed E-state index contributed by atoms with van der Waals surface area (Å²) in [6, 6.07) is 7.10. The molecule has 0 spiro atoms. The monoisotopic (exact) mass is 313 g/mol. The molecule has 0 aliphatic rings. The summed E-state index contributed by atoms with van der Waals surface area (Å²) in [5, 5.41) is 15.7. The predicted octanol–water partition coefficient (Wildman–Crippen LogP) is 3.46. The smallest absolute Gasteiger partial charge is 0.240 e. The van der Waals surface area contributed by atoms with Crippen LogP contribution in [0.25, 0.3) is 0 Å². The minimum atomic E-state index is -0.886. The third-order valence-corrected chi connectivity index (χ3v) is 3.70. The van der Waals surface area contributed by atoms with Gasteiger partial charge in [-0.05, 0) is 31.0 Å². The van der Waals surface area contributed by atoms with E-state index in [4.69, 9.17) is 28.5 Å². The van der Waals surface area contributed by atoms with E-state index in [1.807, 2.05) is 13.8 Å². The molecule has 0 aliphatic carbocycles. The number of amides is 1. The van der Waals surface area contributed by atoms with E-state index in [1.54, 1.807) is 25.1 Å². The van der Waals surface area contributed by atoms with Gasteiger partial charge in [0.1, 0.15) is 5.54 Å². The van der Waals surface area contributed by atoms with Crippen LogP contribution in [0.15, 0.2) is 18.2 Å². The van der Waals surface area contributed by atoms with Gasteiger partial charge in [-0.1, -0.05) is 37.0 Å². The molecule has 1 rings (SSSR count). The highest BCUT2D eigenvalue weighted by Crippen LogP contribution is 2.25. The Morgan fingerprint density at radius 2 is 2.10 bits per heavy atom. The Hall–Kier alpha value is -1.44. The zero-order valence-corrected chi connectivity index (χ0v) is 13.1. The summed E-state index contributed by atoms with van der Waals surface area (Å²) >= 11 is 11.8. The van der Waals surface area contributed by atoms with E-state index in [2.05, 4.69) is 16.7 Å². The maximum atomic E-state index is 11.9. The lowest BCUT2D eigenvalue weighted by Crippen LogP contribution is -2.50. The van der Waals surface area contributed by atoms with Crippen molar-refractivity contribution in [2.24, 2.45) is 5.92 Å².